The van der Waals surface area contributed by atoms with Crippen molar-refractivity contribution in [3.8, 4) is 23.0 Å². The third kappa shape index (κ3) is 32.0. The fraction of sp³-hybridized carbons (Fsp3) is 0.531. The first-order valence-electron chi connectivity index (χ1n) is 16.0. The Hall–Kier alpha value is 0.909. The van der Waals surface area contributed by atoms with Gasteiger partial charge in [-0.2, -0.15) is 0 Å². The number of nitrogens with zero attached hydrogens (tertiary/aromatic N) is 1. The van der Waals surface area contributed by atoms with Crippen LogP contribution in [0.4, 0.5) is 0 Å². The third-order valence-electron chi connectivity index (χ3n) is 6.43. The molecule has 1 heterocycles. The van der Waals surface area contributed by atoms with Crippen LogP contribution in [0.2, 0.25) is 0 Å². The zero-order chi connectivity index (χ0) is 39.7. The molecule has 7 N–H and O–H groups in total. The number of phenols is 4. The molecule has 2 aromatic carbocycles. The molecule has 2 aromatic rings. The van der Waals surface area contributed by atoms with Gasteiger partial charge in [-0.25, -0.2) is 4.79 Å². The summed E-state index contributed by atoms with van der Waals surface area (Å²) in [5, 5.41) is 40.2. The molecule has 1 saturated heterocycles. The van der Waals surface area contributed by atoms with E-state index in [-0.39, 0.29) is 53.8 Å². The topological polar surface area (TPSA) is 201 Å². The van der Waals surface area contributed by atoms with Crippen molar-refractivity contribution in [2.24, 2.45) is 5.73 Å². The summed E-state index contributed by atoms with van der Waals surface area (Å²) in [5.74, 6) is -1.97. The van der Waals surface area contributed by atoms with E-state index in [2.05, 4.69) is 117 Å². The van der Waals surface area contributed by atoms with Gasteiger partial charge in [0.15, 0.2) is 23.0 Å². The first-order valence-corrected chi connectivity index (χ1v) is 38.6. The molecule has 3 rings (SSSR count). The van der Waals surface area contributed by atoms with Gasteiger partial charge in [0.25, 0.3) is 11.8 Å². The van der Waals surface area contributed by atoms with E-state index >= 15 is 0 Å². The molecule has 297 valence electrons. The number of benzene rings is 2. The Morgan fingerprint density at radius 2 is 1.35 bits per heavy atom. The maximum atomic E-state index is 11.2. The van der Waals surface area contributed by atoms with Crippen LogP contribution in [0.5, 0.6) is 23.0 Å². The zero-order valence-corrected chi connectivity index (χ0v) is 42.7. The predicted molar refractivity (Wildman–Crippen MR) is 237 cm³/mol. The standard InChI is InChI=1S/C15H25NO2.C10H15NO6.C7H9NO2.5HI.2V/c1-2-3-4-5-6-7-10-16-12-13-8-9-14(17)15(18)11-13;1-15-6-7-16-5-4-10(14)17-11-8(12)2-3-9(11)13;8-4-5-1-2-6(9)7(10)3-5;;;;;;;/h8-9,11,16-18H,2-7,10,12H2,1H3;2-7H2,1H3;1-3,9-10H,4,8H2;5*1H;;/q;;;;;;;;+2;+3/p-5. The van der Waals surface area contributed by atoms with Crippen LogP contribution in [-0.4, -0.2) is 76.7 Å². The number of aromatic hydroxyl groups is 4. The summed E-state index contributed by atoms with van der Waals surface area (Å²) in [7, 11) is 2.17. The van der Waals surface area contributed by atoms with Gasteiger partial charge in [0.2, 0.25) is 0 Å². The van der Waals surface area contributed by atoms with E-state index in [0.29, 0.717) is 34.3 Å². The van der Waals surface area contributed by atoms with Crippen molar-refractivity contribution in [2.45, 2.75) is 77.8 Å². The number of halogens is 5. The molecule has 0 unspecified atom stereocenters. The van der Waals surface area contributed by atoms with Crippen LogP contribution in [0.25, 0.3) is 0 Å². The summed E-state index contributed by atoms with van der Waals surface area (Å²) < 4.78 is 9.79. The number of phenolic OH excluding ortho intramolecular Hbond substituents is 4. The summed E-state index contributed by atoms with van der Waals surface area (Å²) in [6.45, 7) is 5.33. The molecule has 0 spiro atoms. The van der Waals surface area contributed by atoms with Crippen LogP contribution >= 0.6 is 99.9 Å². The van der Waals surface area contributed by atoms with Crippen LogP contribution in [0, 0.1) is 0 Å². The molecule has 0 radical (unpaired) electrons. The van der Waals surface area contributed by atoms with Crippen LogP contribution in [-0.2, 0) is 56.2 Å². The Morgan fingerprint density at radius 3 is 1.85 bits per heavy atom. The van der Waals surface area contributed by atoms with E-state index < -0.39 is 17.8 Å². The number of unbranched alkanes of at least 4 members (excludes halogenated alkanes) is 5. The van der Waals surface area contributed by atoms with Crippen molar-refractivity contribution in [2.75, 3.05) is 33.5 Å². The number of nitrogens with one attached hydrogen (secondary N) is 1. The number of carbonyl (C=O) groups excluding carboxylic acids is 3. The number of ether oxygens (including phenoxy) is 2. The molecule has 0 atom stereocenters. The van der Waals surface area contributed by atoms with Crippen molar-refractivity contribution in [3.05, 3.63) is 47.5 Å². The van der Waals surface area contributed by atoms with Gasteiger partial charge in [0.05, 0.1) is 26.2 Å². The predicted octanol–water partition coefficient (Wildman–Crippen LogP) is 8.17. The number of hydrogen-bond donors (Lipinski definition) is 6. The van der Waals surface area contributed by atoms with E-state index in [4.69, 9.17) is 25.4 Å². The van der Waals surface area contributed by atoms with E-state index in [1.54, 1.807) is 19.2 Å². The monoisotopic (exact) mass is 1370 g/mol. The van der Waals surface area contributed by atoms with Crippen LogP contribution in [0.1, 0.15) is 75.8 Å². The number of hydrogen-bond acceptors (Lipinski definition) is 12. The molecule has 20 heteroatoms. The summed E-state index contributed by atoms with van der Waals surface area (Å²) >= 11 is 12.1. The Bertz CT molecular complexity index is 1240. The second kappa shape index (κ2) is 37.5. The number of rotatable bonds is 17. The summed E-state index contributed by atoms with van der Waals surface area (Å²) in [5.41, 5.74) is 7.07. The molecule has 0 aliphatic carbocycles. The number of hydroxylamine groups is 2. The summed E-state index contributed by atoms with van der Waals surface area (Å²) in [6.07, 6.45) is 7.98. The average Bonchev–Trinajstić information content (AvgIpc) is 3.41. The molecule has 1 aliphatic heterocycles. The molecule has 0 bridgehead atoms. The van der Waals surface area contributed by atoms with Gasteiger partial charge in [-0.1, -0.05) is 51.2 Å². The minimum atomic E-state index is -0.661. The quantitative estimate of drug-likeness (QED) is 0.0385. The number of imide groups is 1. The Labute approximate surface area is 373 Å². The first kappa shape index (κ1) is 55.0. The first-order chi connectivity index (χ1) is 24.8. The van der Waals surface area contributed by atoms with E-state index in [9.17, 15) is 24.6 Å². The molecule has 1 fully saturated rings. The fourth-order valence-corrected chi connectivity index (χ4v) is 3.84. The third-order valence-corrected chi connectivity index (χ3v) is 6.43. The molecule has 0 saturated carbocycles. The van der Waals surface area contributed by atoms with E-state index in [1.807, 2.05) is 6.07 Å². The molecular formula is C32H49I5N3O10V2. The van der Waals surface area contributed by atoms with Gasteiger partial charge in [0.1, 0.15) is 0 Å². The van der Waals surface area contributed by atoms with Crippen LogP contribution in [0.15, 0.2) is 36.4 Å². The fourth-order valence-electron chi connectivity index (χ4n) is 3.84. The van der Waals surface area contributed by atoms with E-state index in [1.165, 1.54) is 56.7 Å². The molecule has 0 aromatic heterocycles. The van der Waals surface area contributed by atoms with E-state index in [0.717, 1.165) is 24.2 Å². The normalized spacial score (nSPS) is 11.6. The van der Waals surface area contributed by atoms with Crippen LogP contribution < -0.4 is 11.1 Å². The Kier molecular flexibility index (Phi) is 39.7. The second-order valence-corrected chi connectivity index (χ2v) is 57.6. The van der Waals surface area contributed by atoms with Crippen molar-refractivity contribution in [1.82, 2.24) is 10.4 Å². The Balaban J connectivity index is 0. The average molecular weight is 1370 g/mol. The molecule has 1 aliphatic rings. The van der Waals surface area contributed by atoms with Gasteiger partial charge in [-0.3, -0.25) is 9.59 Å². The maximum absolute atomic E-state index is 11.2. The minimum absolute atomic E-state index is 0.0131. The number of methoxy groups -OCH3 is 1. The van der Waals surface area contributed by atoms with Crippen molar-refractivity contribution >= 4 is 118 Å². The SMILES string of the molecule is CCCCCCCCNCc1ccc(O)c(O)c1.COCCOCCC(=O)ON1C(=O)CCC1=O.NCc1ccc(O)c(O)c1.[I][V]([I])[I].[I][V][I]. The van der Waals surface area contributed by atoms with Gasteiger partial charge < -0.3 is 45.8 Å². The zero-order valence-electron chi connectivity index (χ0n) is 29.1. The molecular weight excluding hydrogens is 1320 g/mol. The van der Waals surface area contributed by atoms with Gasteiger partial charge >= 0.3 is 120 Å². The second-order valence-electron chi connectivity index (χ2n) is 10.5. The molecule has 13 nitrogen and oxygen atoms in total. The van der Waals surface area contributed by atoms with Crippen molar-refractivity contribution in [3.63, 3.8) is 0 Å². The van der Waals surface area contributed by atoms with Crippen molar-refractivity contribution in [1.29, 1.82) is 0 Å². The van der Waals surface area contributed by atoms with Gasteiger partial charge in [-0.05, 0) is 48.4 Å². The van der Waals surface area contributed by atoms with Gasteiger partial charge in [-0.15, -0.1) is 5.06 Å². The molecule has 52 heavy (non-hydrogen) atoms. The summed E-state index contributed by atoms with van der Waals surface area (Å²) in [4.78, 5) is 37.8. The summed E-state index contributed by atoms with van der Waals surface area (Å²) in [6, 6.07) is 9.46. The Morgan fingerprint density at radius 1 is 0.846 bits per heavy atom. The van der Waals surface area contributed by atoms with Gasteiger partial charge in [0, 0.05) is 33.0 Å². The number of amides is 2. The number of nitrogens with two attached hydrogens (primary N) is 1. The van der Waals surface area contributed by atoms with Crippen LogP contribution in [0.3, 0.4) is 0 Å². The van der Waals surface area contributed by atoms with Crippen molar-refractivity contribution < 1.29 is 63.5 Å². The molecule has 2 amide bonds. The number of carbonyl (C=O) groups is 3.